The van der Waals surface area contributed by atoms with E-state index in [4.69, 9.17) is 0 Å². The lowest BCUT2D eigenvalue weighted by molar-refractivity contribution is 0.249. The van der Waals surface area contributed by atoms with Gasteiger partial charge in [-0.3, -0.25) is 14.0 Å². The number of fused-ring (bicyclic) bond motifs is 1. The maximum Gasteiger partial charge on any atom is 0.180 e. The van der Waals surface area contributed by atoms with Crippen molar-refractivity contribution in [2.45, 2.75) is 6.54 Å². The summed E-state index contributed by atoms with van der Waals surface area (Å²) in [7, 11) is 1.96. The summed E-state index contributed by atoms with van der Waals surface area (Å²) < 4.78 is 4.01. The summed E-state index contributed by atoms with van der Waals surface area (Å²) in [5, 5.41) is 8.51. The quantitative estimate of drug-likeness (QED) is 0.545. The Labute approximate surface area is 161 Å². The molecule has 0 radical (unpaired) electrons. The van der Waals surface area contributed by atoms with Gasteiger partial charge in [-0.15, -0.1) is 0 Å². The van der Waals surface area contributed by atoms with Gasteiger partial charge in [-0.2, -0.15) is 16.4 Å². The number of hydrogen-bond acceptors (Lipinski definition) is 6. The Kier molecular flexibility index (Phi) is 4.14. The second-order valence-corrected chi connectivity index (χ2v) is 7.67. The average Bonchev–Trinajstić information content (AvgIpc) is 3.42. The van der Waals surface area contributed by atoms with Gasteiger partial charge >= 0.3 is 0 Å². The lowest BCUT2D eigenvalue weighted by atomic mass is 10.2. The van der Waals surface area contributed by atoms with Crippen LogP contribution in [-0.2, 0) is 13.6 Å². The normalized spacial score (nSPS) is 15.7. The first-order valence-corrected chi connectivity index (χ1v) is 10.0. The fraction of sp³-hybridized carbons (Fsp3) is 0.316. The molecule has 5 heterocycles. The van der Waals surface area contributed by atoms with Gasteiger partial charge in [0.25, 0.3) is 0 Å². The van der Waals surface area contributed by atoms with Gasteiger partial charge in [0, 0.05) is 74.9 Å². The van der Waals surface area contributed by atoms with Crippen molar-refractivity contribution in [2.24, 2.45) is 7.05 Å². The van der Waals surface area contributed by atoms with E-state index < -0.39 is 0 Å². The van der Waals surface area contributed by atoms with Gasteiger partial charge in [-0.25, -0.2) is 9.97 Å². The van der Waals surface area contributed by atoms with Crippen molar-refractivity contribution in [3.8, 4) is 11.3 Å². The van der Waals surface area contributed by atoms with Crippen LogP contribution in [0.3, 0.4) is 0 Å². The van der Waals surface area contributed by atoms with Crippen LogP contribution < -0.4 is 4.90 Å². The molecule has 138 valence electrons. The molecule has 0 N–H and O–H groups in total. The van der Waals surface area contributed by atoms with Gasteiger partial charge in [0.15, 0.2) is 11.5 Å². The van der Waals surface area contributed by atoms with E-state index in [-0.39, 0.29) is 0 Å². The third-order valence-electron chi connectivity index (χ3n) is 5.06. The van der Waals surface area contributed by atoms with Crippen LogP contribution in [0.5, 0.6) is 0 Å². The van der Waals surface area contributed by atoms with E-state index in [9.17, 15) is 0 Å². The van der Waals surface area contributed by atoms with Crippen molar-refractivity contribution in [2.75, 3.05) is 31.1 Å². The smallest absolute Gasteiger partial charge is 0.180 e. The van der Waals surface area contributed by atoms with Crippen molar-refractivity contribution in [3.05, 3.63) is 53.4 Å². The highest BCUT2D eigenvalue weighted by molar-refractivity contribution is 7.08. The predicted octanol–water partition coefficient (Wildman–Crippen LogP) is 2.51. The van der Waals surface area contributed by atoms with Gasteiger partial charge in [-0.05, 0) is 11.4 Å². The molecule has 5 rings (SSSR count). The molecule has 1 saturated heterocycles. The van der Waals surface area contributed by atoms with E-state index in [0.29, 0.717) is 0 Å². The largest absolute Gasteiger partial charge is 0.351 e. The molecule has 1 fully saturated rings. The van der Waals surface area contributed by atoms with Gasteiger partial charge in [0.2, 0.25) is 0 Å². The zero-order chi connectivity index (χ0) is 18.2. The standard InChI is InChI=1S/C19H21N7S/c1-23-12-15(10-22-23)13-24-5-7-25(8-6-24)18-19-21-11-17(16-2-9-27-14-16)26(19)4-3-20-18/h2-4,9-12,14H,5-8,13H2,1H3. The lowest BCUT2D eigenvalue weighted by Crippen LogP contribution is -2.46. The second kappa shape index (κ2) is 6.79. The maximum atomic E-state index is 4.68. The fourth-order valence-corrected chi connectivity index (χ4v) is 4.33. The lowest BCUT2D eigenvalue weighted by Gasteiger charge is -2.35. The summed E-state index contributed by atoms with van der Waals surface area (Å²) in [6, 6.07) is 2.13. The SMILES string of the molecule is Cn1cc(CN2CCN(c3nccn4c(-c5ccsc5)cnc34)CC2)cn1. The molecule has 4 aromatic heterocycles. The minimum atomic E-state index is 0.930. The van der Waals surface area contributed by atoms with Crippen molar-refractivity contribution in [3.63, 3.8) is 0 Å². The van der Waals surface area contributed by atoms with Crippen LogP contribution in [0.4, 0.5) is 5.82 Å². The highest BCUT2D eigenvalue weighted by Crippen LogP contribution is 2.27. The van der Waals surface area contributed by atoms with Gasteiger partial charge < -0.3 is 4.90 Å². The molecule has 1 aliphatic rings. The minimum Gasteiger partial charge on any atom is -0.351 e. The number of anilines is 1. The number of nitrogens with zero attached hydrogens (tertiary/aromatic N) is 7. The summed E-state index contributed by atoms with van der Waals surface area (Å²) in [6.45, 7) is 4.87. The Balaban J connectivity index is 1.34. The molecule has 0 bridgehead atoms. The van der Waals surface area contributed by atoms with Gasteiger partial charge in [0.05, 0.1) is 18.1 Å². The van der Waals surface area contributed by atoms with Crippen LogP contribution in [0.25, 0.3) is 16.9 Å². The van der Waals surface area contributed by atoms with Crippen molar-refractivity contribution < 1.29 is 0 Å². The molecule has 7 nitrogen and oxygen atoms in total. The average molecular weight is 379 g/mol. The van der Waals surface area contributed by atoms with E-state index >= 15 is 0 Å². The molecule has 0 aromatic carbocycles. The molecular weight excluding hydrogens is 358 g/mol. The molecular formula is C19H21N7S. The molecule has 0 unspecified atom stereocenters. The van der Waals surface area contributed by atoms with Crippen LogP contribution in [0, 0.1) is 0 Å². The third kappa shape index (κ3) is 3.11. The van der Waals surface area contributed by atoms with Crippen molar-refractivity contribution in [1.82, 2.24) is 29.0 Å². The maximum absolute atomic E-state index is 4.68. The van der Waals surface area contributed by atoms with Crippen LogP contribution in [0.15, 0.2) is 47.8 Å². The zero-order valence-corrected chi connectivity index (χ0v) is 16.0. The Hall–Kier alpha value is -2.71. The number of rotatable bonds is 4. The number of imidazole rings is 1. The molecule has 0 saturated carbocycles. The number of piperazine rings is 1. The second-order valence-electron chi connectivity index (χ2n) is 6.89. The fourth-order valence-electron chi connectivity index (χ4n) is 3.68. The van der Waals surface area contributed by atoms with E-state index in [1.807, 2.05) is 36.5 Å². The van der Waals surface area contributed by atoms with Crippen LogP contribution in [-0.4, -0.2) is 55.2 Å². The first kappa shape index (κ1) is 16.5. The van der Waals surface area contributed by atoms with Gasteiger partial charge in [0.1, 0.15) is 0 Å². The number of aromatic nitrogens is 5. The molecule has 0 amide bonds. The monoisotopic (exact) mass is 379 g/mol. The molecule has 0 aliphatic carbocycles. The van der Waals surface area contributed by atoms with Crippen LogP contribution >= 0.6 is 11.3 Å². The Bertz CT molecular complexity index is 1040. The number of aryl methyl sites for hydroxylation is 1. The van der Waals surface area contributed by atoms with E-state index in [0.717, 1.165) is 49.9 Å². The van der Waals surface area contributed by atoms with Crippen molar-refractivity contribution >= 4 is 22.8 Å². The van der Waals surface area contributed by atoms with Crippen LogP contribution in [0.1, 0.15) is 5.56 Å². The molecule has 8 heteroatoms. The number of thiophene rings is 1. The molecule has 27 heavy (non-hydrogen) atoms. The summed E-state index contributed by atoms with van der Waals surface area (Å²) in [5.41, 5.74) is 4.51. The van der Waals surface area contributed by atoms with Crippen molar-refractivity contribution in [1.29, 1.82) is 0 Å². The van der Waals surface area contributed by atoms with E-state index in [1.54, 1.807) is 11.3 Å². The Morgan fingerprint density at radius 1 is 1.11 bits per heavy atom. The summed E-state index contributed by atoms with van der Waals surface area (Å²) in [4.78, 5) is 14.1. The summed E-state index contributed by atoms with van der Waals surface area (Å²) >= 11 is 1.70. The van der Waals surface area contributed by atoms with E-state index in [1.165, 1.54) is 11.1 Å². The zero-order valence-electron chi connectivity index (χ0n) is 15.2. The summed E-state index contributed by atoms with van der Waals surface area (Å²) in [5.74, 6) is 0.972. The molecule has 1 aliphatic heterocycles. The first-order valence-electron chi connectivity index (χ1n) is 9.07. The topological polar surface area (TPSA) is 54.5 Å². The van der Waals surface area contributed by atoms with Gasteiger partial charge in [-0.1, -0.05) is 0 Å². The highest BCUT2D eigenvalue weighted by Gasteiger charge is 2.21. The summed E-state index contributed by atoms with van der Waals surface area (Å²) in [6.07, 6.45) is 9.86. The molecule has 4 aromatic rings. The van der Waals surface area contributed by atoms with Crippen LogP contribution in [0.2, 0.25) is 0 Å². The predicted molar refractivity (Wildman–Crippen MR) is 107 cm³/mol. The third-order valence-corrected chi connectivity index (χ3v) is 5.75. The van der Waals surface area contributed by atoms with E-state index in [2.05, 4.69) is 52.3 Å². The Morgan fingerprint density at radius 2 is 2.00 bits per heavy atom. The highest BCUT2D eigenvalue weighted by atomic mass is 32.1. The number of hydrogen-bond donors (Lipinski definition) is 0. The first-order chi connectivity index (χ1) is 13.3. The minimum absolute atomic E-state index is 0.930. The Morgan fingerprint density at radius 3 is 2.74 bits per heavy atom. The molecule has 0 spiro atoms. The molecule has 0 atom stereocenters.